The molecule has 1 saturated carbocycles. The van der Waals surface area contributed by atoms with Crippen LogP contribution in [0.15, 0.2) is 48.5 Å². The highest BCUT2D eigenvalue weighted by atomic mass is 35.5. The largest absolute Gasteiger partial charge is 0.468 e. The third-order valence-electron chi connectivity index (χ3n) is 5.25. The van der Waals surface area contributed by atoms with Crippen LogP contribution in [0.4, 0.5) is 0 Å². The molecule has 1 aliphatic carbocycles. The Hall–Kier alpha value is -2.50. The minimum absolute atomic E-state index is 0.0898. The minimum Gasteiger partial charge on any atom is -0.468 e. The first-order chi connectivity index (χ1) is 13.5. The Kier molecular flexibility index (Phi) is 4.81. The van der Waals surface area contributed by atoms with Crippen molar-refractivity contribution < 1.29 is 14.3 Å². The van der Waals surface area contributed by atoms with Crippen molar-refractivity contribution in [3.8, 4) is 21.6 Å². The number of benzene rings is 2. The molecule has 0 amide bonds. The summed E-state index contributed by atoms with van der Waals surface area (Å²) in [7, 11) is 1.44. The fraction of sp³-hybridized carbons (Fsp3) is 0.227. The van der Waals surface area contributed by atoms with Crippen LogP contribution in [-0.4, -0.2) is 23.2 Å². The van der Waals surface area contributed by atoms with Crippen LogP contribution >= 0.6 is 23.1 Å². The van der Waals surface area contributed by atoms with Gasteiger partial charge in [0.05, 0.1) is 23.0 Å². The van der Waals surface area contributed by atoms with Gasteiger partial charge in [-0.1, -0.05) is 60.1 Å². The molecule has 1 heterocycles. The average Bonchev–Trinajstić information content (AvgIpc) is 3.43. The van der Waals surface area contributed by atoms with Gasteiger partial charge in [-0.3, -0.25) is 9.59 Å². The maximum atomic E-state index is 12.0. The van der Waals surface area contributed by atoms with Crippen molar-refractivity contribution in [3.63, 3.8) is 0 Å². The number of methoxy groups -OCH3 is 1. The fourth-order valence-electron chi connectivity index (χ4n) is 3.50. The van der Waals surface area contributed by atoms with E-state index in [9.17, 15) is 9.59 Å². The molecule has 4 rings (SSSR count). The number of Topliss-reactive ketones (excluding diaryl/α,β-unsaturated/α-hetero) is 1. The maximum absolute atomic E-state index is 12.0. The Bertz CT molecular complexity index is 1050. The number of carbonyl (C=O) groups excluding carboxylic acids is 2. The summed E-state index contributed by atoms with van der Waals surface area (Å²) in [5.41, 5.74) is 4.05. The fourth-order valence-corrected chi connectivity index (χ4v) is 4.72. The zero-order valence-electron chi connectivity index (χ0n) is 15.5. The van der Waals surface area contributed by atoms with E-state index in [2.05, 4.69) is 4.37 Å². The standard InChI is InChI=1S/C22H18ClNO3S/c1-13(25)18-19(28-24-20(18)23)16-5-3-14(4-6-16)15-7-9-17(10-8-15)22(11-12-22)21(26)27-2/h3-10H,11-12H2,1-2H3. The number of ether oxygens (including phenoxy) is 1. The molecular weight excluding hydrogens is 394 g/mol. The van der Waals surface area contributed by atoms with Gasteiger partial charge < -0.3 is 4.74 Å². The van der Waals surface area contributed by atoms with E-state index in [0.717, 1.165) is 40.0 Å². The highest BCUT2D eigenvalue weighted by molar-refractivity contribution is 7.10. The van der Waals surface area contributed by atoms with Gasteiger partial charge in [0, 0.05) is 0 Å². The predicted molar refractivity (Wildman–Crippen MR) is 111 cm³/mol. The van der Waals surface area contributed by atoms with Crippen LogP contribution in [0.3, 0.4) is 0 Å². The summed E-state index contributed by atoms with van der Waals surface area (Å²) in [4.78, 5) is 24.7. The van der Waals surface area contributed by atoms with E-state index in [1.54, 1.807) is 0 Å². The Labute approximate surface area is 172 Å². The van der Waals surface area contributed by atoms with Gasteiger partial charge in [-0.05, 0) is 53.6 Å². The first-order valence-electron chi connectivity index (χ1n) is 8.92. The summed E-state index contributed by atoms with van der Waals surface area (Å²) in [6.45, 7) is 1.50. The first kappa shape index (κ1) is 18.8. The summed E-state index contributed by atoms with van der Waals surface area (Å²) in [5, 5.41) is 0.256. The Morgan fingerprint density at radius 1 is 1.00 bits per heavy atom. The Morgan fingerprint density at radius 2 is 1.54 bits per heavy atom. The van der Waals surface area contributed by atoms with Gasteiger partial charge in [-0.25, -0.2) is 0 Å². The molecule has 0 aliphatic heterocycles. The molecule has 1 aliphatic rings. The third-order valence-corrected chi connectivity index (χ3v) is 6.52. The molecule has 1 fully saturated rings. The number of halogens is 1. The van der Waals surface area contributed by atoms with Crippen molar-refractivity contribution in [2.45, 2.75) is 25.2 Å². The van der Waals surface area contributed by atoms with Gasteiger partial charge in [0.2, 0.25) is 0 Å². The second-order valence-corrected chi connectivity index (χ2v) is 8.09. The number of hydrogen-bond donors (Lipinski definition) is 0. The second kappa shape index (κ2) is 7.15. The van der Waals surface area contributed by atoms with E-state index >= 15 is 0 Å². The normalized spacial score (nSPS) is 14.5. The van der Waals surface area contributed by atoms with Crippen LogP contribution < -0.4 is 0 Å². The molecule has 6 heteroatoms. The van der Waals surface area contributed by atoms with Gasteiger partial charge >= 0.3 is 5.97 Å². The van der Waals surface area contributed by atoms with Crippen LogP contribution in [0, 0.1) is 0 Å². The van der Waals surface area contributed by atoms with Crippen molar-refractivity contribution in [2.24, 2.45) is 0 Å². The van der Waals surface area contributed by atoms with E-state index in [-0.39, 0.29) is 16.9 Å². The molecule has 4 nitrogen and oxygen atoms in total. The summed E-state index contributed by atoms with van der Waals surface area (Å²) in [5.74, 6) is -0.248. The minimum atomic E-state index is -0.453. The molecule has 0 radical (unpaired) electrons. The lowest BCUT2D eigenvalue weighted by atomic mass is 9.93. The molecule has 0 unspecified atom stereocenters. The van der Waals surface area contributed by atoms with Gasteiger partial charge in [-0.2, -0.15) is 4.37 Å². The average molecular weight is 412 g/mol. The van der Waals surface area contributed by atoms with E-state index < -0.39 is 5.41 Å². The van der Waals surface area contributed by atoms with E-state index in [1.807, 2.05) is 48.5 Å². The van der Waals surface area contributed by atoms with Gasteiger partial charge in [0.15, 0.2) is 10.9 Å². The highest BCUT2D eigenvalue weighted by Crippen LogP contribution is 2.49. The first-order valence-corrected chi connectivity index (χ1v) is 10.1. The lowest BCUT2D eigenvalue weighted by Gasteiger charge is -2.13. The zero-order chi connectivity index (χ0) is 19.9. The SMILES string of the molecule is COC(=O)C1(c2ccc(-c3ccc(-c4snc(Cl)c4C(C)=O)cc3)cc2)CC1. The van der Waals surface area contributed by atoms with Gasteiger partial charge in [-0.15, -0.1) is 0 Å². The Morgan fingerprint density at radius 3 is 2.04 bits per heavy atom. The number of carbonyl (C=O) groups is 2. The van der Waals surface area contributed by atoms with Gasteiger partial charge in [0.1, 0.15) is 0 Å². The summed E-state index contributed by atoms with van der Waals surface area (Å²) < 4.78 is 9.06. The maximum Gasteiger partial charge on any atom is 0.316 e. The number of aromatic nitrogens is 1. The molecule has 1 aromatic heterocycles. The molecule has 28 heavy (non-hydrogen) atoms. The van der Waals surface area contributed by atoms with Crippen LogP contribution in [0.2, 0.25) is 5.15 Å². The predicted octanol–water partition coefficient (Wildman–Crippen LogP) is 5.54. The molecule has 142 valence electrons. The van der Waals surface area contributed by atoms with Crippen molar-refractivity contribution in [1.29, 1.82) is 0 Å². The molecule has 0 atom stereocenters. The monoisotopic (exact) mass is 411 g/mol. The van der Waals surface area contributed by atoms with Crippen molar-refractivity contribution in [3.05, 3.63) is 64.8 Å². The van der Waals surface area contributed by atoms with Crippen molar-refractivity contribution >= 4 is 34.9 Å². The van der Waals surface area contributed by atoms with E-state index in [1.165, 1.54) is 25.6 Å². The number of esters is 1. The summed E-state index contributed by atoms with van der Waals surface area (Å²) in [6.07, 6.45) is 1.67. The molecule has 0 saturated heterocycles. The number of rotatable bonds is 5. The number of ketones is 1. The quantitative estimate of drug-likeness (QED) is 0.408. The summed E-state index contributed by atoms with van der Waals surface area (Å²) >= 11 is 7.28. The lowest BCUT2D eigenvalue weighted by Crippen LogP contribution is -2.21. The van der Waals surface area contributed by atoms with Crippen molar-refractivity contribution in [2.75, 3.05) is 7.11 Å². The molecule has 0 spiro atoms. The number of nitrogens with zero attached hydrogens (tertiary/aromatic N) is 1. The molecular formula is C22H18ClNO3S. The second-order valence-electron chi connectivity index (χ2n) is 6.96. The highest BCUT2D eigenvalue weighted by Gasteiger charge is 2.52. The van der Waals surface area contributed by atoms with Crippen LogP contribution in [0.5, 0.6) is 0 Å². The summed E-state index contributed by atoms with van der Waals surface area (Å²) in [6, 6.07) is 16.0. The zero-order valence-corrected chi connectivity index (χ0v) is 17.1. The molecule has 0 bridgehead atoms. The van der Waals surface area contributed by atoms with Crippen molar-refractivity contribution in [1.82, 2.24) is 4.37 Å². The van der Waals surface area contributed by atoms with Crippen LogP contribution in [0.25, 0.3) is 21.6 Å². The van der Waals surface area contributed by atoms with Crippen LogP contribution in [-0.2, 0) is 14.9 Å². The topological polar surface area (TPSA) is 56.3 Å². The third kappa shape index (κ3) is 3.15. The lowest BCUT2D eigenvalue weighted by molar-refractivity contribution is -0.143. The molecule has 2 aromatic carbocycles. The Balaban J connectivity index is 1.60. The van der Waals surface area contributed by atoms with Crippen LogP contribution in [0.1, 0.15) is 35.7 Å². The van der Waals surface area contributed by atoms with E-state index in [0.29, 0.717) is 5.56 Å². The molecule has 3 aromatic rings. The smallest absolute Gasteiger partial charge is 0.316 e. The van der Waals surface area contributed by atoms with E-state index in [4.69, 9.17) is 16.3 Å². The van der Waals surface area contributed by atoms with Gasteiger partial charge in [0.25, 0.3) is 0 Å². The molecule has 0 N–H and O–H groups in total. The number of hydrogen-bond acceptors (Lipinski definition) is 5.